The number of aryl methyl sites for hydroxylation is 3. The second-order valence-electron chi connectivity index (χ2n) is 10.2. The molecule has 2 amide bonds. The summed E-state index contributed by atoms with van der Waals surface area (Å²) in [5.74, 6) is -0.163. The van der Waals surface area contributed by atoms with Crippen LogP contribution in [0.4, 0.5) is 0 Å². The molecule has 3 aliphatic rings. The number of hydrogen-bond donors (Lipinski definition) is 2. The van der Waals surface area contributed by atoms with Crippen LogP contribution in [0.5, 0.6) is 5.75 Å². The molecule has 39 heavy (non-hydrogen) atoms. The highest BCUT2D eigenvalue weighted by Gasteiger charge is 2.40. The minimum absolute atomic E-state index is 0.0120. The number of carbonyl (C=O) groups is 3. The van der Waals surface area contributed by atoms with Gasteiger partial charge in [-0.05, 0) is 38.0 Å². The zero-order valence-corrected chi connectivity index (χ0v) is 22.3. The summed E-state index contributed by atoms with van der Waals surface area (Å²) in [6, 6.07) is 4.39. The number of likely N-dealkylation sites (tertiary alicyclic amines) is 1. The van der Waals surface area contributed by atoms with Crippen LogP contribution in [0.15, 0.2) is 24.4 Å². The van der Waals surface area contributed by atoms with Crippen LogP contribution in [0, 0.1) is 6.92 Å². The van der Waals surface area contributed by atoms with Gasteiger partial charge in [-0.3, -0.25) is 19.1 Å². The number of carbonyl (C=O) groups excluding carboxylic acids is 3. The molecule has 11 nitrogen and oxygen atoms in total. The van der Waals surface area contributed by atoms with Crippen molar-refractivity contribution in [2.45, 2.75) is 57.9 Å². The summed E-state index contributed by atoms with van der Waals surface area (Å²) >= 11 is 6.30. The van der Waals surface area contributed by atoms with Gasteiger partial charge in [-0.15, -0.1) is 5.10 Å². The number of amides is 2. The standard InChI is InChI=1S/C27H29ClN6O5/c1-15-24(25-19(29-15)4-2-5-21(25)35)27(37)33-12-20-23(13-33)39-14-17-11-34(32-31-17)8-3-9-38-22-10-16(26(36)30-20)6-7-18(22)28/h6-7,10-11,20,23,29H,2-5,8-9,12-14H2,1H3,(H,30,36)/t20-,23-/m0/s1. The van der Waals surface area contributed by atoms with Crippen LogP contribution in [-0.2, 0) is 24.3 Å². The van der Waals surface area contributed by atoms with Gasteiger partial charge in [0, 0.05) is 49.4 Å². The van der Waals surface area contributed by atoms with Gasteiger partial charge in [0.1, 0.15) is 11.4 Å². The third-order valence-electron chi connectivity index (χ3n) is 7.47. The van der Waals surface area contributed by atoms with Crippen molar-refractivity contribution in [2.24, 2.45) is 0 Å². The molecule has 12 heteroatoms. The molecule has 2 N–H and O–H groups in total. The normalized spacial score (nSPS) is 21.6. The molecule has 0 saturated carbocycles. The molecule has 6 rings (SSSR count). The molecule has 1 saturated heterocycles. The van der Waals surface area contributed by atoms with E-state index < -0.39 is 12.1 Å². The van der Waals surface area contributed by atoms with Gasteiger partial charge >= 0.3 is 0 Å². The number of aromatic nitrogens is 4. The molecule has 4 heterocycles. The highest BCUT2D eigenvalue weighted by atomic mass is 35.5. The largest absolute Gasteiger partial charge is 0.492 e. The molecular formula is C27H29ClN6O5. The number of benzene rings is 1. The molecule has 0 spiro atoms. The van der Waals surface area contributed by atoms with Crippen LogP contribution in [0.25, 0.3) is 0 Å². The molecule has 0 radical (unpaired) electrons. The Bertz CT molecular complexity index is 1450. The van der Waals surface area contributed by atoms with Crippen LogP contribution in [-0.4, -0.2) is 74.3 Å². The van der Waals surface area contributed by atoms with E-state index in [4.69, 9.17) is 21.1 Å². The maximum atomic E-state index is 13.8. The van der Waals surface area contributed by atoms with Crippen molar-refractivity contribution < 1.29 is 23.9 Å². The summed E-state index contributed by atoms with van der Waals surface area (Å²) in [5, 5.41) is 11.8. The Morgan fingerprint density at radius 1 is 1.18 bits per heavy atom. The van der Waals surface area contributed by atoms with E-state index in [0.717, 1.165) is 18.5 Å². The number of halogens is 1. The zero-order valence-electron chi connectivity index (χ0n) is 21.5. The Hall–Kier alpha value is -3.70. The molecule has 204 valence electrons. The first kappa shape index (κ1) is 25.6. The van der Waals surface area contributed by atoms with E-state index in [2.05, 4.69) is 20.6 Å². The number of Topliss-reactive ketones (excluding diaryl/α,β-unsaturated/α-hetero) is 1. The Morgan fingerprint density at radius 2 is 2.05 bits per heavy atom. The van der Waals surface area contributed by atoms with Crippen LogP contribution in [0.3, 0.4) is 0 Å². The minimum atomic E-state index is -0.496. The highest BCUT2D eigenvalue weighted by Crippen LogP contribution is 2.30. The van der Waals surface area contributed by atoms with Crippen molar-refractivity contribution in [3.63, 3.8) is 0 Å². The molecule has 2 aliphatic heterocycles. The number of aromatic amines is 1. The van der Waals surface area contributed by atoms with Crippen molar-refractivity contribution in [3.05, 3.63) is 63.2 Å². The van der Waals surface area contributed by atoms with Gasteiger partial charge in [0.2, 0.25) is 0 Å². The predicted octanol–water partition coefficient (Wildman–Crippen LogP) is 2.71. The van der Waals surface area contributed by atoms with Crippen molar-refractivity contribution in [2.75, 3.05) is 19.7 Å². The predicted molar refractivity (Wildman–Crippen MR) is 140 cm³/mol. The number of nitrogens with one attached hydrogen (secondary N) is 2. The fourth-order valence-corrected chi connectivity index (χ4v) is 5.70. The lowest BCUT2D eigenvalue weighted by Crippen LogP contribution is -2.44. The molecule has 2 atom stereocenters. The lowest BCUT2D eigenvalue weighted by Gasteiger charge is -2.20. The Labute approximate surface area is 229 Å². The quantitative estimate of drug-likeness (QED) is 0.474. The van der Waals surface area contributed by atoms with Gasteiger partial charge in [0.15, 0.2) is 5.78 Å². The summed E-state index contributed by atoms with van der Waals surface area (Å²) in [4.78, 5) is 44.7. The molecular weight excluding hydrogens is 524 g/mol. The number of H-pyrrole nitrogens is 1. The third kappa shape index (κ3) is 5.04. The fourth-order valence-electron chi connectivity index (χ4n) is 5.53. The van der Waals surface area contributed by atoms with E-state index in [1.165, 1.54) is 0 Å². The van der Waals surface area contributed by atoms with E-state index in [1.807, 2.05) is 13.1 Å². The highest BCUT2D eigenvalue weighted by molar-refractivity contribution is 6.32. The number of ketones is 1. The smallest absolute Gasteiger partial charge is 0.256 e. The SMILES string of the molecule is Cc1[nH]c2c(c1C(=O)N1C[C@@H]3NC(=O)c4ccc(Cl)c(c4)OCCCn4cc(nn4)CO[C@H]3C1)C(=O)CCC2. The van der Waals surface area contributed by atoms with Crippen LogP contribution >= 0.6 is 11.6 Å². The zero-order chi connectivity index (χ0) is 27.1. The summed E-state index contributed by atoms with van der Waals surface area (Å²) in [7, 11) is 0. The van der Waals surface area contributed by atoms with Crippen LogP contribution in [0.2, 0.25) is 5.02 Å². The van der Waals surface area contributed by atoms with Crippen LogP contribution in [0.1, 0.15) is 67.4 Å². The summed E-state index contributed by atoms with van der Waals surface area (Å²) in [6.07, 6.45) is 3.93. The van der Waals surface area contributed by atoms with Crippen molar-refractivity contribution in [3.8, 4) is 5.75 Å². The molecule has 1 aromatic carbocycles. The third-order valence-corrected chi connectivity index (χ3v) is 7.78. The Morgan fingerprint density at radius 3 is 2.92 bits per heavy atom. The van der Waals surface area contributed by atoms with Gasteiger partial charge in [-0.1, -0.05) is 16.8 Å². The molecule has 0 unspecified atom stereocenters. The maximum absolute atomic E-state index is 13.8. The number of fused-ring (bicyclic) bond motifs is 6. The number of nitrogens with zero attached hydrogens (tertiary/aromatic N) is 4. The summed E-state index contributed by atoms with van der Waals surface area (Å²) in [6.45, 7) is 3.46. The first-order chi connectivity index (χ1) is 18.9. The number of ether oxygens (including phenoxy) is 2. The summed E-state index contributed by atoms with van der Waals surface area (Å²) < 4.78 is 13.8. The Kier molecular flexibility index (Phi) is 6.86. The first-order valence-electron chi connectivity index (χ1n) is 13.1. The first-order valence-corrected chi connectivity index (χ1v) is 13.5. The number of hydrogen-bond acceptors (Lipinski definition) is 7. The average Bonchev–Trinajstić information content (AvgIpc) is 3.62. The van der Waals surface area contributed by atoms with Crippen LogP contribution < -0.4 is 10.1 Å². The second-order valence-corrected chi connectivity index (χ2v) is 10.6. The molecule has 1 fully saturated rings. The molecule has 1 aliphatic carbocycles. The monoisotopic (exact) mass is 552 g/mol. The average molecular weight is 553 g/mol. The van der Waals surface area contributed by atoms with Gasteiger partial charge in [-0.25, -0.2) is 0 Å². The van der Waals surface area contributed by atoms with E-state index in [0.29, 0.717) is 64.8 Å². The van der Waals surface area contributed by atoms with Crippen molar-refractivity contribution in [1.29, 1.82) is 0 Å². The molecule has 3 aromatic rings. The topological polar surface area (TPSA) is 131 Å². The van der Waals surface area contributed by atoms with Crippen molar-refractivity contribution in [1.82, 2.24) is 30.2 Å². The molecule has 4 bridgehead atoms. The lowest BCUT2D eigenvalue weighted by atomic mass is 9.93. The molecule has 2 aromatic heterocycles. The van der Waals surface area contributed by atoms with E-state index in [9.17, 15) is 14.4 Å². The minimum Gasteiger partial charge on any atom is -0.492 e. The fraction of sp³-hybridized carbons (Fsp3) is 0.444. The van der Waals surface area contributed by atoms with Crippen molar-refractivity contribution >= 4 is 29.2 Å². The van der Waals surface area contributed by atoms with Gasteiger partial charge in [-0.2, -0.15) is 0 Å². The van der Waals surface area contributed by atoms with Gasteiger partial charge in [0.25, 0.3) is 11.8 Å². The second kappa shape index (κ2) is 10.5. The Balaban J connectivity index is 1.29. The van der Waals surface area contributed by atoms with E-state index in [1.54, 1.807) is 27.8 Å². The van der Waals surface area contributed by atoms with E-state index >= 15 is 0 Å². The number of rotatable bonds is 1. The summed E-state index contributed by atoms with van der Waals surface area (Å²) in [5.41, 5.74) is 3.46. The van der Waals surface area contributed by atoms with E-state index in [-0.39, 0.29) is 37.3 Å². The van der Waals surface area contributed by atoms with Gasteiger partial charge < -0.3 is 24.7 Å². The van der Waals surface area contributed by atoms with Gasteiger partial charge in [0.05, 0.1) is 47.7 Å². The lowest BCUT2D eigenvalue weighted by molar-refractivity contribution is 0.0291. The maximum Gasteiger partial charge on any atom is 0.256 e.